The van der Waals surface area contributed by atoms with E-state index in [1.54, 1.807) is 18.2 Å². The van der Waals surface area contributed by atoms with Crippen LogP contribution in [-0.4, -0.2) is 30.3 Å². The van der Waals surface area contributed by atoms with Crippen molar-refractivity contribution in [2.75, 3.05) is 6.54 Å². The van der Waals surface area contributed by atoms with Gasteiger partial charge < -0.3 is 5.11 Å². The average Bonchev–Trinajstić information content (AvgIpc) is 2.66. The van der Waals surface area contributed by atoms with Crippen molar-refractivity contribution in [2.24, 2.45) is 0 Å². The summed E-state index contributed by atoms with van der Waals surface area (Å²) in [5.41, 5.74) is 1.05. The fraction of sp³-hybridized carbons (Fsp3) is 0.133. The van der Waals surface area contributed by atoms with E-state index >= 15 is 0 Å². The van der Waals surface area contributed by atoms with Crippen LogP contribution in [0.3, 0.4) is 0 Å². The van der Waals surface area contributed by atoms with Gasteiger partial charge in [-0.15, -0.1) is 0 Å². The van der Waals surface area contributed by atoms with Crippen molar-refractivity contribution in [3.63, 3.8) is 0 Å². The van der Waals surface area contributed by atoms with Gasteiger partial charge in [-0.05, 0) is 42.3 Å². The molecule has 1 aliphatic heterocycles. The van der Waals surface area contributed by atoms with Crippen LogP contribution in [0.15, 0.2) is 51.8 Å². The molecule has 5 nitrogen and oxygen atoms in total. The van der Waals surface area contributed by atoms with Crippen LogP contribution in [0, 0.1) is 0 Å². The normalized spacial score (nSPS) is 15.9. The third kappa shape index (κ3) is 2.50. The zero-order valence-corrected chi connectivity index (χ0v) is 13.8. The Bertz CT molecular complexity index is 846. The first kappa shape index (κ1) is 15.1. The number of carbonyl (C=O) groups is 1. The van der Waals surface area contributed by atoms with Gasteiger partial charge in [-0.2, -0.15) is 0 Å². The lowest BCUT2D eigenvalue weighted by atomic mass is 10.1. The van der Waals surface area contributed by atoms with Crippen molar-refractivity contribution < 1.29 is 18.3 Å². The maximum absolute atomic E-state index is 12.5. The minimum Gasteiger partial charge on any atom is -0.508 e. The number of rotatable bonds is 3. The summed E-state index contributed by atoms with van der Waals surface area (Å²) in [6, 6.07) is 11.1. The summed E-state index contributed by atoms with van der Waals surface area (Å²) in [5, 5.41) is 9.24. The molecule has 0 radical (unpaired) electrons. The van der Waals surface area contributed by atoms with Crippen LogP contribution in [0.5, 0.6) is 5.75 Å². The van der Waals surface area contributed by atoms with Crippen molar-refractivity contribution in [3.05, 3.63) is 58.1 Å². The summed E-state index contributed by atoms with van der Waals surface area (Å²) in [5.74, 6) is -0.354. The Morgan fingerprint density at radius 3 is 2.45 bits per heavy atom. The van der Waals surface area contributed by atoms with Gasteiger partial charge in [-0.3, -0.25) is 4.79 Å². The molecule has 0 unspecified atom stereocenters. The molecule has 0 bridgehead atoms. The first-order valence-corrected chi connectivity index (χ1v) is 8.77. The number of phenolic OH excluding ortho intramolecular Hbond substituents is 1. The molecular weight excluding hydrogens is 370 g/mol. The predicted octanol–water partition coefficient (Wildman–Crippen LogP) is 2.54. The summed E-state index contributed by atoms with van der Waals surface area (Å²) in [4.78, 5) is 12.3. The Morgan fingerprint density at radius 2 is 1.77 bits per heavy atom. The van der Waals surface area contributed by atoms with E-state index in [0.29, 0.717) is 10.9 Å². The summed E-state index contributed by atoms with van der Waals surface area (Å²) in [7, 11) is -3.79. The summed E-state index contributed by atoms with van der Waals surface area (Å²) < 4.78 is 26.4. The number of aromatic hydroxyl groups is 1. The number of fused-ring (bicyclic) bond motifs is 1. The highest BCUT2D eigenvalue weighted by Gasteiger charge is 2.40. The highest BCUT2D eigenvalue weighted by Crippen LogP contribution is 2.32. The molecule has 3 rings (SSSR count). The number of sulfonamides is 1. The average molecular weight is 382 g/mol. The smallest absolute Gasteiger partial charge is 0.269 e. The molecule has 1 N–H and O–H groups in total. The van der Waals surface area contributed by atoms with Crippen molar-refractivity contribution in [3.8, 4) is 5.75 Å². The highest BCUT2D eigenvalue weighted by atomic mass is 79.9. The molecule has 0 saturated heterocycles. The Labute approximate surface area is 136 Å². The lowest BCUT2D eigenvalue weighted by molar-refractivity contribution is 0.0872. The van der Waals surface area contributed by atoms with Crippen molar-refractivity contribution in [2.45, 2.75) is 11.3 Å². The maximum atomic E-state index is 12.5. The van der Waals surface area contributed by atoms with E-state index in [-0.39, 0.29) is 22.8 Å². The van der Waals surface area contributed by atoms with E-state index in [1.807, 2.05) is 0 Å². The molecular formula is C15H12BrNO4S. The Kier molecular flexibility index (Phi) is 3.70. The van der Waals surface area contributed by atoms with E-state index in [2.05, 4.69) is 15.9 Å². The van der Waals surface area contributed by atoms with E-state index < -0.39 is 15.9 Å². The predicted molar refractivity (Wildman–Crippen MR) is 84.2 cm³/mol. The summed E-state index contributed by atoms with van der Waals surface area (Å²) in [6.45, 7) is 0.0677. The third-order valence-electron chi connectivity index (χ3n) is 3.51. The van der Waals surface area contributed by atoms with Gasteiger partial charge in [0.2, 0.25) is 0 Å². The topological polar surface area (TPSA) is 74.7 Å². The fourth-order valence-electron chi connectivity index (χ4n) is 2.36. The van der Waals surface area contributed by atoms with Crippen LogP contribution in [-0.2, 0) is 16.4 Å². The monoisotopic (exact) mass is 381 g/mol. The molecule has 2 aromatic rings. The molecule has 114 valence electrons. The van der Waals surface area contributed by atoms with Gasteiger partial charge in [-0.1, -0.05) is 28.1 Å². The Hall–Kier alpha value is -1.86. The van der Waals surface area contributed by atoms with Crippen LogP contribution in [0.4, 0.5) is 0 Å². The van der Waals surface area contributed by atoms with Crippen LogP contribution in [0.1, 0.15) is 15.9 Å². The first-order valence-electron chi connectivity index (χ1n) is 6.54. The summed E-state index contributed by atoms with van der Waals surface area (Å²) in [6.07, 6.45) is 0.389. The number of amides is 1. The molecule has 2 aromatic carbocycles. The molecule has 0 atom stereocenters. The molecule has 0 fully saturated rings. The second-order valence-electron chi connectivity index (χ2n) is 4.94. The van der Waals surface area contributed by atoms with E-state index in [0.717, 1.165) is 9.87 Å². The van der Waals surface area contributed by atoms with Crippen molar-refractivity contribution >= 4 is 31.9 Å². The van der Waals surface area contributed by atoms with Gasteiger partial charge >= 0.3 is 0 Å². The molecule has 1 amide bonds. The number of hydrogen-bond acceptors (Lipinski definition) is 4. The Morgan fingerprint density at radius 1 is 1.09 bits per heavy atom. The zero-order chi connectivity index (χ0) is 15.9. The Balaban J connectivity index is 1.86. The van der Waals surface area contributed by atoms with E-state index in [9.17, 15) is 18.3 Å². The molecule has 1 aliphatic rings. The van der Waals surface area contributed by atoms with E-state index in [4.69, 9.17) is 0 Å². The van der Waals surface area contributed by atoms with Crippen molar-refractivity contribution in [1.29, 1.82) is 0 Å². The minimum absolute atomic E-state index is 0.0394. The molecule has 7 heteroatoms. The number of halogens is 1. The van der Waals surface area contributed by atoms with Gasteiger partial charge in [0.1, 0.15) is 10.6 Å². The van der Waals surface area contributed by atoms with Gasteiger partial charge in [0.05, 0.1) is 5.56 Å². The van der Waals surface area contributed by atoms with Gasteiger partial charge in [0.15, 0.2) is 0 Å². The molecule has 0 spiro atoms. The number of carbonyl (C=O) groups excluding carboxylic acids is 1. The quantitative estimate of drug-likeness (QED) is 0.886. The largest absolute Gasteiger partial charge is 0.508 e. The van der Waals surface area contributed by atoms with Crippen LogP contribution in [0.2, 0.25) is 0 Å². The lowest BCUT2D eigenvalue weighted by Crippen LogP contribution is -2.32. The third-order valence-corrected chi connectivity index (χ3v) is 5.82. The number of nitrogens with zero attached hydrogens (tertiary/aromatic N) is 1. The molecule has 0 saturated carbocycles. The van der Waals surface area contributed by atoms with Gasteiger partial charge in [-0.25, -0.2) is 12.7 Å². The number of benzene rings is 2. The highest BCUT2D eigenvalue weighted by molar-refractivity contribution is 9.10. The minimum atomic E-state index is -3.79. The van der Waals surface area contributed by atoms with Gasteiger partial charge in [0, 0.05) is 11.0 Å². The first-order chi connectivity index (χ1) is 10.4. The molecule has 0 aromatic heterocycles. The van der Waals surface area contributed by atoms with Crippen LogP contribution in [0.25, 0.3) is 0 Å². The molecule has 22 heavy (non-hydrogen) atoms. The maximum Gasteiger partial charge on any atom is 0.269 e. The standard InChI is InChI=1S/C15H12BrNO4S/c16-11-3-6-13-14(9-11)22(20,21)17(15(13)19)8-7-10-1-4-12(18)5-2-10/h1-6,9,18H,7-8H2. The number of phenols is 1. The summed E-state index contributed by atoms with van der Waals surface area (Å²) >= 11 is 3.22. The second-order valence-corrected chi connectivity index (χ2v) is 7.69. The van der Waals surface area contributed by atoms with Crippen molar-refractivity contribution in [1.82, 2.24) is 4.31 Å². The van der Waals surface area contributed by atoms with Gasteiger partial charge in [0.25, 0.3) is 15.9 Å². The SMILES string of the molecule is O=C1c2ccc(Br)cc2S(=O)(=O)N1CCc1ccc(O)cc1. The fourth-order valence-corrected chi connectivity index (χ4v) is 4.47. The molecule has 0 aliphatic carbocycles. The second kappa shape index (κ2) is 5.40. The van der Waals surface area contributed by atoms with Crippen LogP contribution >= 0.6 is 15.9 Å². The lowest BCUT2D eigenvalue weighted by Gasteiger charge is -2.14. The number of hydrogen-bond donors (Lipinski definition) is 1. The van der Waals surface area contributed by atoms with E-state index in [1.165, 1.54) is 24.3 Å². The van der Waals surface area contributed by atoms with Crippen LogP contribution < -0.4 is 0 Å². The zero-order valence-electron chi connectivity index (χ0n) is 11.4. The molecule has 1 heterocycles.